The number of aryl methyl sites for hydroxylation is 1. The third-order valence-electron chi connectivity index (χ3n) is 2.85. The van der Waals surface area contributed by atoms with Gasteiger partial charge in [-0.2, -0.15) is 0 Å². The molecule has 1 rings (SSSR count). The normalized spacial score (nSPS) is 11.4. The Balaban J connectivity index is 2.91. The second-order valence-electron chi connectivity index (χ2n) is 5.42. The van der Waals surface area contributed by atoms with Gasteiger partial charge in [0, 0.05) is 31.5 Å². The SMILES string of the molecule is Cc1cc(=O)c(C(=O)N(C)CC(C)(C)CN)c[nH]1. The summed E-state index contributed by atoms with van der Waals surface area (Å²) < 4.78 is 0. The number of nitrogens with zero attached hydrogens (tertiary/aromatic N) is 1. The van der Waals surface area contributed by atoms with Crippen molar-refractivity contribution < 1.29 is 4.79 Å². The van der Waals surface area contributed by atoms with Crippen LogP contribution < -0.4 is 11.2 Å². The molecule has 0 aliphatic carbocycles. The van der Waals surface area contributed by atoms with E-state index < -0.39 is 0 Å². The number of nitrogens with two attached hydrogens (primary N) is 1. The maximum atomic E-state index is 12.1. The first kappa shape index (κ1) is 14.4. The zero-order valence-electron chi connectivity index (χ0n) is 11.4. The summed E-state index contributed by atoms with van der Waals surface area (Å²) in [6.45, 7) is 6.73. The number of carbonyl (C=O) groups is 1. The number of hydrogen-bond donors (Lipinski definition) is 2. The molecular formula is C13H21N3O2. The van der Waals surface area contributed by atoms with Crippen LogP contribution in [0.15, 0.2) is 17.1 Å². The van der Waals surface area contributed by atoms with Gasteiger partial charge in [0.1, 0.15) is 5.56 Å². The first-order valence-electron chi connectivity index (χ1n) is 5.92. The van der Waals surface area contributed by atoms with Crippen molar-refractivity contribution in [2.75, 3.05) is 20.1 Å². The van der Waals surface area contributed by atoms with Crippen LogP contribution in [-0.4, -0.2) is 35.9 Å². The lowest BCUT2D eigenvalue weighted by Crippen LogP contribution is -2.41. The highest BCUT2D eigenvalue weighted by Crippen LogP contribution is 2.14. The summed E-state index contributed by atoms with van der Waals surface area (Å²) in [6, 6.07) is 1.43. The molecule has 0 saturated heterocycles. The van der Waals surface area contributed by atoms with Crippen molar-refractivity contribution in [2.45, 2.75) is 20.8 Å². The standard InChI is InChI=1S/C13H21N3O2/c1-9-5-11(17)10(6-15-9)12(18)16(4)8-13(2,3)7-14/h5-6H,7-8,14H2,1-4H3,(H,15,17). The van der Waals surface area contributed by atoms with E-state index in [2.05, 4.69) is 4.98 Å². The van der Waals surface area contributed by atoms with E-state index in [0.717, 1.165) is 5.69 Å². The van der Waals surface area contributed by atoms with Crippen LogP contribution in [0.5, 0.6) is 0 Å². The number of amides is 1. The molecule has 18 heavy (non-hydrogen) atoms. The predicted octanol–water partition coefficient (Wildman–Crippen LogP) is 0.740. The summed E-state index contributed by atoms with van der Waals surface area (Å²) in [6.07, 6.45) is 1.46. The van der Waals surface area contributed by atoms with Crippen molar-refractivity contribution in [2.24, 2.45) is 11.1 Å². The third kappa shape index (κ3) is 3.43. The third-order valence-corrected chi connectivity index (χ3v) is 2.85. The van der Waals surface area contributed by atoms with Crippen molar-refractivity contribution in [1.82, 2.24) is 9.88 Å². The molecule has 1 aromatic rings. The molecule has 0 saturated carbocycles. The van der Waals surface area contributed by atoms with Crippen LogP contribution in [0, 0.1) is 12.3 Å². The maximum Gasteiger partial charge on any atom is 0.259 e. The van der Waals surface area contributed by atoms with Gasteiger partial charge in [-0.3, -0.25) is 9.59 Å². The summed E-state index contributed by atoms with van der Waals surface area (Å²) in [4.78, 5) is 28.3. The Labute approximate surface area is 107 Å². The molecule has 0 bridgehead atoms. The number of nitrogens with one attached hydrogen (secondary N) is 1. The van der Waals surface area contributed by atoms with Gasteiger partial charge in [-0.25, -0.2) is 0 Å². The first-order chi connectivity index (χ1) is 8.26. The van der Waals surface area contributed by atoms with Crippen LogP contribution in [0.1, 0.15) is 29.9 Å². The quantitative estimate of drug-likeness (QED) is 0.828. The Morgan fingerprint density at radius 2 is 2.11 bits per heavy atom. The molecule has 0 atom stereocenters. The summed E-state index contributed by atoms with van der Waals surface area (Å²) in [7, 11) is 1.68. The average molecular weight is 251 g/mol. The Kier molecular flexibility index (Phi) is 4.29. The van der Waals surface area contributed by atoms with Crippen molar-refractivity contribution in [3.63, 3.8) is 0 Å². The van der Waals surface area contributed by atoms with Crippen LogP contribution in [-0.2, 0) is 0 Å². The van der Waals surface area contributed by atoms with E-state index in [9.17, 15) is 9.59 Å². The Hall–Kier alpha value is -1.62. The first-order valence-corrected chi connectivity index (χ1v) is 5.92. The summed E-state index contributed by atoms with van der Waals surface area (Å²) in [5.41, 5.74) is 6.12. The molecule has 5 heteroatoms. The molecule has 0 spiro atoms. The summed E-state index contributed by atoms with van der Waals surface area (Å²) in [5, 5.41) is 0. The molecule has 1 aromatic heterocycles. The largest absolute Gasteiger partial charge is 0.364 e. The van der Waals surface area contributed by atoms with Crippen LogP contribution >= 0.6 is 0 Å². The molecule has 1 amide bonds. The van der Waals surface area contributed by atoms with Crippen LogP contribution in [0.3, 0.4) is 0 Å². The molecule has 100 valence electrons. The van der Waals surface area contributed by atoms with Gasteiger partial charge in [0.15, 0.2) is 5.43 Å². The van der Waals surface area contributed by atoms with E-state index in [0.29, 0.717) is 13.1 Å². The van der Waals surface area contributed by atoms with Crippen molar-refractivity contribution in [3.05, 3.63) is 33.7 Å². The number of hydrogen-bond acceptors (Lipinski definition) is 3. The Bertz CT molecular complexity index is 491. The second kappa shape index (κ2) is 5.35. The molecule has 3 N–H and O–H groups in total. The van der Waals surface area contributed by atoms with Gasteiger partial charge >= 0.3 is 0 Å². The summed E-state index contributed by atoms with van der Waals surface area (Å²) >= 11 is 0. The molecule has 0 unspecified atom stereocenters. The summed E-state index contributed by atoms with van der Waals surface area (Å²) in [5.74, 6) is -0.280. The van der Waals surface area contributed by atoms with Crippen molar-refractivity contribution in [1.29, 1.82) is 0 Å². The number of aromatic nitrogens is 1. The number of rotatable bonds is 4. The fourth-order valence-corrected chi connectivity index (χ4v) is 1.72. The maximum absolute atomic E-state index is 12.1. The van der Waals surface area contributed by atoms with E-state index >= 15 is 0 Å². The highest BCUT2D eigenvalue weighted by Gasteiger charge is 2.23. The van der Waals surface area contributed by atoms with E-state index in [4.69, 9.17) is 5.73 Å². The van der Waals surface area contributed by atoms with Gasteiger partial charge < -0.3 is 15.6 Å². The minimum absolute atomic E-state index is 0.163. The zero-order chi connectivity index (χ0) is 13.9. The number of carbonyl (C=O) groups excluding carboxylic acids is 1. The smallest absolute Gasteiger partial charge is 0.259 e. The molecular weight excluding hydrogens is 230 g/mol. The Morgan fingerprint density at radius 3 is 2.61 bits per heavy atom. The van der Waals surface area contributed by atoms with Gasteiger partial charge in [0.25, 0.3) is 5.91 Å². The molecule has 0 aromatic carbocycles. The van der Waals surface area contributed by atoms with Crippen LogP contribution in [0.4, 0.5) is 0 Å². The molecule has 0 aliphatic rings. The van der Waals surface area contributed by atoms with Gasteiger partial charge in [-0.1, -0.05) is 13.8 Å². The van der Waals surface area contributed by atoms with Crippen molar-refractivity contribution >= 4 is 5.91 Å². The van der Waals surface area contributed by atoms with E-state index in [1.54, 1.807) is 14.0 Å². The number of aromatic amines is 1. The van der Waals surface area contributed by atoms with E-state index in [-0.39, 0.29) is 22.3 Å². The fourth-order valence-electron chi connectivity index (χ4n) is 1.72. The monoisotopic (exact) mass is 251 g/mol. The van der Waals surface area contributed by atoms with E-state index in [1.807, 2.05) is 13.8 Å². The van der Waals surface area contributed by atoms with E-state index in [1.165, 1.54) is 17.2 Å². The highest BCUT2D eigenvalue weighted by molar-refractivity contribution is 5.93. The Morgan fingerprint density at radius 1 is 1.50 bits per heavy atom. The second-order valence-corrected chi connectivity index (χ2v) is 5.42. The fraction of sp³-hybridized carbons (Fsp3) is 0.538. The molecule has 0 radical (unpaired) electrons. The predicted molar refractivity (Wildman–Crippen MR) is 71.6 cm³/mol. The van der Waals surface area contributed by atoms with Gasteiger partial charge in [0.2, 0.25) is 0 Å². The average Bonchev–Trinajstić information content (AvgIpc) is 2.27. The number of H-pyrrole nitrogens is 1. The molecule has 0 fully saturated rings. The molecule has 1 heterocycles. The van der Waals surface area contributed by atoms with Gasteiger partial charge in [0.05, 0.1) is 0 Å². The van der Waals surface area contributed by atoms with Crippen molar-refractivity contribution in [3.8, 4) is 0 Å². The zero-order valence-corrected chi connectivity index (χ0v) is 11.4. The minimum atomic E-state index is -0.280. The van der Waals surface area contributed by atoms with Crippen LogP contribution in [0.25, 0.3) is 0 Å². The molecule has 5 nitrogen and oxygen atoms in total. The number of pyridine rings is 1. The lowest BCUT2D eigenvalue weighted by molar-refractivity contribution is 0.0739. The minimum Gasteiger partial charge on any atom is -0.364 e. The lowest BCUT2D eigenvalue weighted by Gasteiger charge is -2.28. The topological polar surface area (TPSA) is 79.2 Å². The lowest BCUT2D eigenvalue weighted by atomic mass is 9.93. The van der Waals surface area contributed by atoms with Gasteiger partial charge in [-0.05, 0) is 18.9 Å². The highest BCUT2D eigenvalue weighted by atomic mass is 16.2. The van der Waals surface area contributed by atoms with Gasteiger partial charge in [-0.15, -0.1) is 0 Å². The molecule has 0 aliphatic heterocycles. The van der Waals surface area contributed by atoms with Crippen LogP contribution in [0.2, 0.25) is 0 Å².